The lowest BCUT2D eigenvalue weighted by Crippen LogP contribution is -2.17. The summed E-state index contributed by atoms with van der Waals surface area (Å²) in [7, 11) is 0. The van der Waals surface area contributed by atoms with E-state index in [1.54, 1.807) is 6.07 Å². The highest BCUT2D eigenvalue weighted by Gasteiger charge is 2.17. The Balaban J connectivity index is 2.00. The summed E-state index contributed by atoms with van der Waals surface area (Å²) in [5.74, 6) is 1.63. The van der Waals surface area contributed by atoms with E-state index in [1.807, 2.05) is 12.3 Å². The quantitative estimate of drug-likeness (QED) is 0.735. The van der Waals surface area contributed by atoms with Gasteiger partial charge >= 0.3 is 0 Å². The molecule has 0 radical (unpaired) electrons. The van der Waals surface area contributed by atoms with Gasteiger partial charge in [0.15, 0.2) is 0 Å². The van der Waals surface area contributed by atoms with E-state index < -0.39 is 0 Å². The molecule has 0 spiro atoms. The van der Waals surface area contributed by atoms with Gasteiger partial charge in [0.05, 0.1) is 5.69 Å². The van der Waals surface area contributed by atoms with Crippen molar-refractivity contribution >= 4 is 0 Å². The highest BCUT2D eigenvalue weighted by Crippen LogP contribution is 2.24. The fourth-order valence-electron chi connectivity index (χ4n) is 2.40. The molecule has 0 bridgehead atoms. The highest BCUT2D eigenvalue weighted by molar-refractivity contribution is 5.58. The Morgan fingerprint density at radius 1 is 1.41 bits per heavy atom. The minimum atomic E-state index is -0.207. The van der Waals surface area contributed by atoms with Crippen LogP contribution in [0.1, 0.15) is 19.2 Å². The third-order valence-electron chi connectivity index (χ3n) is 3.35. The molecule has 3 rings (SSSR count). The monoisotopic (exact) mass is 230 g/mol. The SMILES string of the molecule is C[C@H]1CCc2nc(-c3cccc(F)c3)cn2C1. The van der Waals surface area contributed by atoms with Crippen LogP contribution in [-0.2, 0) is 13.0 Å². The zero-order valence-electron chi connectivity index (χ0n) is 9.86. The summed E-state index contributed by atoms with van der Waals surface area (Å²) < 4.78 is 15.4. The summed E-state index contributed by atoms with van der Waals surface area (Å²) in [4.78, 5) is 4.59. The Morgan fingerprint density at radius 2 is 2.29 bits per heavy atom. The van der Waals surface area contributed by atoms with E-state index in [4.69, 9.17) is 0 Å². The molecular formula is C14H15FN2. The van der Waals surface area contributed by atoms with Crippen LogP contribution >= 0.6 is 0 Å². The molecule has 0 amide bonds. The van der Waals surface area contributed by atoms with Crippen LogP contribution in [0.15, 0.2) is 30.5 Å². The maximum Gasteiger partial charge on any atom is 0.123 e. The molecule has 17 heavy (non-hydrogen) atoms. The van der Waals surface area contributed by atoms with E-state index >= 15 is 0 Å². The number of rotatable bonds is 1. The largest absolute Gasteiger partial charge is 0.334 e. The average molecular weight is 230 g/mol. The number of halogens is 1. The standard InChI is InChI=1S/C14H15FN2/c1-10-5-6-14-16-13(9-17(14)8-10)11-3-2-4-12(15)7-11/h2-4,7,9-10H,5-6,8H2,1H3/t10-/m0/s1. The van der Waals surface area contributed by atoms with Crippen molar-refractivity contribution in [2.75, 3.05) is 0 Å². The van der Waals surface area contributed by atoms with E-state index in [2.05, 4.69) is 16.5 Å². The van der Waals surface area contributed by atoms with Crippen LogP contribution in [0.2, 0.25) is 0 Å². The number of fused-ring (bicyclic) bond motifs is 1. The van der Waals surface area contributed by atoms with Crippen LogP contribution in [0.5, 0.6) is 0 Å². The Hall–Kier alpha value is -1.64. The molecule has 0 fully saturated rings. The fraction of sp³-hybridized carbons (Fsp3) is 0.357. The van der Waals surface area contributed by atoms with Crippen LogP contribution in [0.4, 0.5) is 4.39 Å². The molecular weight excluding hydrogens is 215 g/mol. The number of nitrogens with zero attached hydrogens (tertiary/aromatic N) is 2. The molecule has 1 aliphatic rings. The maximum atomic E-state index is 13.2. The van der Waals surface area contributed by atoms with Crippen LogP contribution < -0.4 is 0 Å². The van der Waals surface area contributed by atoms with Gasteiger partial charge in [-0.25, -0.2) is 9.37 Å². The van der Waals surface area contributed by atoms with Crippen molar-refractivity contribution < 1.29 is 4.39 Å². The number of imidazole rings is 1. The predicted molar refractivity (Wildman–Crippen MR) is 65.1 cm³/mol. The zero-order valence-corrected chi connectivity index (χ0v) is 9.86. The van der Waals surface area contributed by atoms with Crippen LogP contribution in [0.25, 0.3) is 11.3 Å². The molecule has 3 heteroatoms. The molecule has 1 aromatic carbocycles. The van der Waals surface area contributed by atoms with E-state index in [9.17, 15) is 4.39 Å². The van der Waals surface area contributed by atoms with Gasteiger partial charge < -0.3 is 4.57 Å². The minimum Gasteiger partial charge on any atom is -0.334 e. The summed E-state index contributed by atoms with van der Waals surface area (Å²) >= 11 is 0. The summed E-state index contributed by atoms with van der Waals surface area (Å²) in [6.45, 7) is 3.28. The molecule has 0 saturated heterocycles. The molecule has 2 aromatic rings. The first kappa shape index (κ1) is 10.5. The van der Waals surface area contributed by atoms with Gasteiger partial charge in [-0.15, -0.1) is 0 Å². The summed E-state index contributed by atoms with van der Waals surface area (Å²) in [6.07, 6.45) is 4.26. The molecule has 1 aromatic heterocycles. The molecule has 0 saturated carbocycles. The van der Waals surface area contributed by atoms with Crippen molar-refractivity contribution in [2.24, 2.45) is 5.92 Å². The second kappa shape index (κ2) is 3.99. The molecule has 0 N–H and O–H groups in total. The van der Waals surface area contributed by atoms with Crippen LogP contribution in [0, 0.1) is 11.7 Å². The van der Waals surface area contributed by atoms with Crippen molar-refractivity contribution in [1.82, 2.24) is 9.55 Å². The van der Waals surface area contributed by atoms with Gasteiger partial charge in [-0.2, -0.15) is 0 Å². The van der Waals surface area contributed by atoms with Gasteiger partial charge in [0, 0.05) is 24.7 Å². The molecule has 2 nitrogen and oxygen atoms in total. The number of benzene rings is 1. The molecule has 0 aliphatic carbocycles. The van der Waals surface area contributed by atoms with Gasteiger partial charge in [-0.1, -0.05) is 19.1 Å². The zero-order chi connectivity index (χ0) is 11.8. The molecule has 2 heterocycles. The Morgan fingerprint density at radius 3 is 3.12 bits per heavy atom. The lowest BCUT2D eigenvalue weighted by Gasteiger charge is -2.19. The van der Waals surface area contributed by atoms with Gasteiger partial charge in [0.1, 0.15) is 11.6 Å². The minimum absolute atomic E-state index is 0.207. The number of aryl methyl sites for hydroxylation is 1. The average Bonchev–Trinajstić information content (AvgIpc) is 2.72. The summed E-state index contributed by atoms with van der Waals surface area (Å²) in [5, 5.41) is 0. The molecule has 88 valence electrons. The summed E-state index contributed by atoms with van der Waals surface area (Å²) in [6, 6.07) is 6.63. The molecule has 1 atom stereocenters. The van der Waals surface area contributed by atoms with Crippen molar-refractivity contribution in [2.45, 2.75) is 26.3 Å². The Labute approximate surface area is 100 Å². The predicted octanol–water partition coefficient (Wildman–Crippen LogP) is 3.27. The summed E-state index contributed by atoms with van der Waals surface area (Å²) in [5.41, 5.74) is 1.74. The first-order valence-electron chi connectivity index (χ1n) is 6.04. The Kier molecular flexibility index (Phi) is 2.46. The van der Waals surface area contributed by atoms with Gasteiger partial charge in [-0.05, 0) is 24.5 Å². The van der Waals surface area contributed by atoms with Crippen molar-refractivity contribution in [3.8, 4) is 11.3 Å². The maximum absolute atomic E-state index is 13.2. The van der Waals surface area contributed by atoms with Crippen molar-refractivity contribution in [3.63, 3.8) is 0 Å². The number of aromatic nitrogens is 2. The van der Waals surface area contributed by atoms with Crippen LogP contribution in [0.3, 0.4) is 0 Å². The lowest BCUT2D eigenvalue weighted by molar-refractivity contribution is 0.394. The Bertz CT molecular complexity index is 545. The van der Waals surface area contributed by atoms with E-state index in [-0.39, 0.29) is 5.82 Å². The van der Waals surface area contributed by atoms with E-state index in [0.29, 0.717) is 5.92 Å². The van der Waals surface area contributed by atoms with Crippen molar-refractivity contribution in [3.05, 3.63) is 42.1 Å². The second-order valence-electron chi connectivity index (χ2n) is 4.85. The number of hydrogen-bond acceptors (Lipinski definition) is 1. The van der Waals surface area contributed by atoms with Crippen molar-refractivity contribution in [1.29, 1.82) is 0 Å². The topological polar surface area (TPSA) is 17.8 Å². The molecule has 1 aliphatic heterocycles. The van der Waals surface area contributed by atoms with Gasteiger partial charge in [-0.3, -0.25) is 0 Å². The lowest BCUT2D eigenvalue weighted by atomic mass is 10.0. The first-order valence-corrected chi connectivity index (χ1v) is 6.04. The first-order chi connectivity index (χ1) is 8.22. The third-order valence-corrected chi connectivity index (χ3v) is 3.35. The van der Waals surface area contributed by atoms with E-state index in [1.165, 1.54) is 18.6 Å². The second-order valence-corrected chi connectivity index (χ2v) is 4.85. The van der Waals surface area contributed by atoms with E-state index in [0.717, 1.165) is 30.0 Å². The normalized spacial score (nSPS) is 19.1. The third kappa shape index (κ3) is 1.97. The van der Waals surface area contributed by atoms with Crippen LogP contribution in [-0.4, -0.2) is 9.55 Å². The molecule has 0 unspecified atom stereocenters. The van der Waals surface area contributed by atoms with Gasteiger partial charge in [0.2, 0.25) is 0 Å². The fourth-order valence-corrected chi connectivity index (χ4v) is 2.40. The smallest absolute Gasteiger partial charge is 0.123 e. The van der Waals surface area contributed by atoms with Gasteiger partial charge in [0.25, 0.3) is 0 Å². The highest BCUT2D eigenvalue weighted by atomic mass is 19.1. The number of hydrogen-bond donors (Lipinski definition) is 0.